The number of hydrogen-bond acceptors (Lipinski definition) is 2. The van der Waals surface area contributed by atoms with Crippen molar-refractivity contribution in [3.63, 3.8) is 0 Å². The zero-order chi connectivity index (χ0) is 12.3. The molecule has 0 atom stereocenters. The van der Waals surface area contributed by atoms with Crippen LogP contribution in [0, 0.1) is 0 Å². The number of nitrogens with zero attached hydrogens (tertiary/aromatic N) is 1. The summed E-state index contributed by atoms with van der Waals surface area (Å²) in [5.41, 5.74) is 2.76. The number of anilines is 1. The SMILES string of the molecule is CCC(C)=CC=C1Sc2ccccc2N1CC. The molecule has 1 aromatic rings. The fraction of sp³-hybridized carbons (Fsp3) is 0.333. The first-order valence-corrected chi connectivity index (χ1v) is 6.99. The molecule has 0 fully saturated rings. The van der Waals surface area contributed by atoms with Gasteiger partial charge in [-0.1, -0.05) is 42.5 Å². The van der Waals surface area contributed by atoms with Gasteiger partial charge in [-0.25, -0.2) is 0 Å². The monoisotopic (exact) mass is 245 g/mol. The third-order valence-electron chi connectivity index (χ3n) is 3.02. The Morgan fingerprint density at radius 1 is 1.29 bits per heavy atom. The number of para-hydroxylation sites is 1. The van der Waals surface area contributed by atoms with Crippen LogP contribution in [0.15, 0.2) is 51.9 Å². The van der Waals surface area contributed by atoms with Crippen molar-refractivity contribution in [1.29, 1.82) is 0 Å². The molecule has 1 aliphatic heterocycles. The number of rotatable bonds is 3. The summed E-state index contributed by atoms with van der Waals surface area (Å²) < 4.78 is 0. The minimum Gasteiger partial charge on any atom is -0.335 e. The van der Waals surface area contributed by atoms with Crippen LogP contribution in [0.5, 0.6) is 0 Å². The van der Waals surface area contributed by atoms with Crippen molar-refractivity contribution in [2.75, 3.05) is 11.4 Å². The van der Waals surface area contributed by atoms with E-state index in [1.807, 2.05) is 11.8 Å². The number of benzene rings is 1. The van der Waals surface area contributed by atoms with Gasteiger partial charge in [-0.2, -0.15) is 0 Å². The standard InChI is InChI=1S/C15H19NS/c1-4-12(3)10-11-15-16(5-2)13-8-6-7-9-14(13)17-15/h6-11H,4-5H2,1-3H3. The van der Waals surface area contributed by atoms with E-state index in [2.05, 4.69) is 62.1 Å². The molecule has 0 spiro atoms. The van der Waals surface area contributed by atoms with E-state index < -0.39 is 0 Å². The quantitative estimate of drug-likeness (QED) is 0.751. The summed E-state index contributed by atoms with van der Waals surface area (Å²) >= 11 is 1.86. The summed E-state index contributed by atoms with van der Waals surface area (Å²) in [6, 6.07) is 8.61. The second kappa shape index (κ2) is 5.46. The van der Waals surface area contributed by atoms with Crippen LogP contribution in [-0.2, 0) is 0 Å². The number of allylic oxidation sites excluding steroid dienone is 3. The van der Waals surface area contributed by atoms with Crippen LogP contribution >= 0.6 is 11.8 Å². The minimum atomic E-state index is 1.02. The van der Waals surface area contributed by atoms with Gasteiger partial charge >= 0.3 is 0 Å². The normalized spacial score (nSPS) is 17.7. The highest BCUT2D eigenvalue weighted by Gasteiger charge is 2.22. The van der Waals surface area contributed by atoms with E-state index in [0.717, 1.165) is 13.0 Å². The molecule has 0 aromatic heterocycles. The maximum absolute atomic E-state index is 2.37. The molecule has 17 heavy (non-hydrogen) atoms. The van der Waals surface area contributed by atoms with E-state index in [1.54, 1.807) is 0 Å². The van der Waals surface area contributed by atoms with Gasteiger partial charge in [0.05, 0.1) is 10.7 Å². The van der Waals surface area contributed by atoms with Gasteiger partial charge in [-0.3, -0.25) is 0 Å². The maximum Gasteiger partial charge on any atom is 0.0801 e. The van der Waals surface area contributed by atoms with Gasteiger partial charge in [0.2, 0.25) is 0 Å². The summed E-state index contributed by atoms with van der Waals surface area (Å²) in [5.74, 6) is 0. The van der Waals surface area contributed by atoms with Crippen LogP contribution in [-0.4, -0.2) is 6.54 Å². The number of hydrogen-bond donors (Lipinski definition) is 0. The lowest BCUT2D eigenvalue weighted by atomic mass is 10.2. The lowest BCUT2D eigenvalue weighted by Crippen LogP contribution is -2.16. The molecule has 0 saturated heterocycles. The average Bonchev–Trinajstić information content (AvgIpc) is 2.73. The Balaban J connectivity index is 2.29. The van der Waals surface area contributed by atoms with Crippen molar-refractivity contribution in [3.8, 4) is 0 Å². The molecule has 1 aliphatic rings. The molecule has 1 aromatic carbocycles. The fourth-order valence-electron chi connectivity index (χ4n) is 1.83. The lowest BCUT2D eigenvalue weighted by molar-refractivity contribution is 1.00. The molecule has 1 heterocycles. The molecule has 0 N–H and O–H groups in total. The van der Waals surface area contributed by atoms with E-state index in [0.29, 0.717) is 0 Å². The molecule has 0 unspecified atom stereocenters. The second-order valence-corrected chi connectivity index (χ2v) is 5.25. The predicted molar refractivity (Wildman–Crippen MR) is 77.5 cm³/mol. The van der Waals surface area contributed by atoms with Crippen molar-refractivity contribution < 1.29 is 0 Å². The Hall–Kier alpha value is -1.15. The summed E-state index contributed by atoms with van der Waals surface area (Å²) in [5, 5.41) is 1.33. The molecule has 0 amide bonds. The topological polar surface area (TPSA) is 3.24 Å². The summed E-state index contributed by atoms with van der Waals surface area (Å²) in [6.45, 7) is 7.60. The molecular formula is C15H19NS. The van der Waals surface area contributed by atoms with Crippen LogP contribution in [0.2, 0.25) is 0 Å². The van der Waals surface area contributed by atoms with Gasteiger partial charge < -0.3 is 4.90 Å². The smallest absolute Gasteiger partial charge is 0.0801 e. The van der Waals surface area contributed by atoms with Gasteiger partial charge in [-0.05, 0) is 38.5 Å². The first-order chi connectivity index (χ1) is 8.26. The third kappa shape index (κ3) is 2.58. The average molecular weight is 245 g/mol. The van der Waals surface area contributed by atoms with Gasteiger partial charge in [0.1, 0.15) is 0 Å². The van der Waals surface area contributed by atoms with Crippen LogP contribution in [0.25, 0.3) is 0 Å². The van der Waals surface area contributed by atoms with E-state index in [1.165, 1.54) is 21.2 Å². The Morgan fingerprint density at radius 2 is 2.06 bits per heavy atom. The molecular weight excluding hydrogens is 226 g/mol. The highest BCUT2D eigenvalue weighted by molar-refractivity contribution is 8.03. The molecule has 0 aliphatic carbocycles. The third-order valence-corrected chi connectivity index (χ3v) is 4.15. The van der Waals surface area contributed by atoms with Crippen LogP contribution in [0.4, 0.5) is 5.69 Å². The summed E-state index contributed by atoms with van der Waals surface area (Å²) in [4.78, 5) is 3.74. The first-order valence-electron chi connectivity index (χ1n) is 6.18. The zero-order valence-corrected chi connectivity index (χ0v) is 11.6. The molecule has 2 heteroatoms. The van der Waals surface area contributed by atoms with Gasteiger partial charge in [0.15, 0.2) is 0 Å². The highest BCUT2D eigenvalue weighted by atomic mass is 32.2. The minimum absolute atomic E-state index is 1.02. The van der Waals surface area contributed by atoms with Crippen molar-refractivity contribution in [3.05, 3.63) is 47.0 Å². The van der Waals surface area contributed by atoms with Crippen LogP contribution in [0.3, 0.4) is 0 Å². The summed E-state index contributed by atoms with van der Waals surface area (Å²) in [7, 11) is 0. The van der Waals surface area contributed by atoms with Gasteiger partial charge in [-0.15, -0.1) is 0 Å². The van der Waals surface area contributed by atoms with E-state index in [9.17, 15) is 0 Å². The number of thioether (sulfide) groups is 1. The summed E-state index contributed by atoms with van der Waals surface area (Å²) in [6.07, 6.45) is 5.59. The van der Waals surface area contributed by atoms with Crippen molar-refractivity contribution in [1.82, 2.24) is 0 Å². The van der Waals surface area contributed by atoms with E-state index in [-0.39, 0.29) is 0 Å². The molecule has 2 rings (SSSR count). The highest BCUT2D eigenvalue weighted by Crippen LogP contribution is 2.45. The molecule has 0 saturated carbocycles. The Kier molecular flexibility index (Phi) is 3.95. The Labute approximate surface area is 108 Å². The van der Waals surface area contributed by atoms with Crippen molar-refractivity contribution >= 4 is 17.4 Å². The van der Waals surface area contributed by atoms with Gasteiger partial charge in [0.25, 0.3) is 0 Å². The van der Waals surface area contributed by atoms with Crippen molar-refractivity contribution in [2.45, 2.75) is 32.1 Å². The molecule has 1 nitrogen and oxygen atoms in total. The second-order valence-electron chi connectivity index (χ2n) is 4.19. The zero-order valence-electron chi connectivity index (χ0n) is 10.7. The van der Waals surface area contributed by atoms with Crippen LogP contribution in [0.1, 0.15) is 27.2 Å². The Bertz CT molecular complexity index is 460. The largest absolute Gasteiger partial charge is 0.335 e. The molecule has 0 bridgehead atoms. The molecule has 0 radical (unpaired) electrons. The fourth-order valence-corrected chi connectivity index (χ4v) is 2.96. The molecule has 90 valence electrons. The van der Waals surface area contributed by atoms with Crippen molar-refractivity contribution in [2.24, 2.45) is 0 Å². The Morgan fingerprint density at radius 3 is 2.76 bits per heavy atom. The van der Waals surface area contributed by atoms with E-state index >= 15 is 0 Å². The lowest BCUT2D eigenvalue weighted by Gasteiger charge is -2.17. The predicted octanol–water partition coefficient (Wildman–Crippen LogP) is 4.82. The van der Waals surface area contributed by atoms with E-state index in [4.69, 9.17) is 0 Å². The maximum atomic E-state index is 2.37. The van der Waals surface area contributed by atoms with Crippen LogP contribution < -0.4 is 4.90 Å². The number of fused-ring (bicyclic) bond motifs is 1. The first kappa shape index (κ1) is 12.3. The van der Waals surface area contributed by atoms with Gasteiger partial charge in [0, 0.05) is 11.4 Å².